The number of nitrogens with one attached hydrogen (secondary N) is 1. The summed E-state index contributed by atoms with van der Waals surface area (Å²) in [5.74, 6) is 1.31. The van der Waals surface area contributed by atoms with Gasteiger partial charge in [-0.2, -0.15) is 5.10 Å². The number of hydrogen-bond acceptors (Lipinski definition) is 6. The lowest BCUT2D eigenvalue weighted by Crippen LogP contribution is -2.30. The number of piperidine rings is 1. The Bertz CT molecular complexity index is 1380. The minimum atomic E-state index is -0.147. The highest BCUT2D eigenvalue weighted by Crippen LogP contribution is 2.26. The minimum absolute atomic E-state index is 0.147. The molecule has 8 nitrogen and oxygen atoms in total. The van der Waals surface area contributed by atoms with Crippen LogP contribution in [0.4, 0.5) is 0 Å². The van der Waals surface area contributed by atoms with Crippen molar-refractivity contribution in [2.45, 2.75) is 38.9 Å². The van der Waals surface area contributed by atoms with Crippen molar-refractivity contribution in [3.8, 4) is 11.5 Å². The number of aromatic nitrogens is 3. The van der Waals surface area contributed by atoms with Gasteiger partial charge in [-0.15, -0.1) is 0 Å². The molecule has 1 fully saturated rings. The average Bonchev–Trinajstić information content (AvgIpc) is 3.35. The van der Waals surface area contributed by atoms with Gasteiger partial charge in [0.05, 0.1) is 32.5 Å². The minimum Gasteiger partial charge on any atom is -0.497 e. The molecule has 37 heavy (non-hydrogen) atoms. The summed E-state index contributed by atoms with van der Waals surface area (Å²) in [7, 11) is 3.26. The number of fused-ring (bicyclic) bond motifs is 1. The van der Waals surface area contributed by atoms with Crippen LogP contribution in [0.25, 0.3) is 11.0 Å². The van der Waals surface area contributed by atoms with Gasteiger partial charge in [0, 0.05) is 36.3 Å². The maximum Gasteiger partial charge on any atom is 0.253 e. The molecule has 1 amide bonds. The predicted octanol–water partition coefficient (Wildman–Crippen LogP) is 4.41. The summed E-state index contributed by atoms with van der Waals surface area (Å²) in [5.41, 5.74) is 4.61. The maximum atomic E-state index is 13.0. The summed E-state index contributed by atoms with van der Waals surface area (Å²) >= 11 is 0. The molecule has 1 aliphatic heterocycles. The van der Waals surface area contributed by atoms with Crippen molar-refractivity contribution in [2.24, 2.45) is 0 Å². The molecule has 1 saturated heterocycles. The molecule has 0 atom stereocenters. The molecule has 0 bridgehead atoms. The van der Waals surface area contributed by atoms with E-state index >= 15 is 0 Å². The zero-order valence-electron chi connectivity index (χ0n) is 21.4. The van der Waals surface area contributed by atoms with E-state index in [0.717, 1.165) is 47.6 Å². The van der Waals surface area contributed by atoms with Crippen LogP contribution in [0.1, 0.15) is 46.3 Å². The lowest BCUT2D eigenvalue weighted by Gasteiger charge is -2.27. The third kappa shape index (κ3) is 5.75. The summed E-state index contributed by atoms with van der Waals surface area (Å²) in [5, 5.41) is 8.39. The van der Waals surface area contributed by atoms with Gasteiger partial charge in [0.2, 0.25) is 0 Å². The molecule has 0 radical (unpaired) electrons. The largest absolute Gasteiger partial charge is 0.497 e. The lowest BCUT2D eigenvalue weighted by atomic mass is 10.0. The standard InChI is InChI=1S/C29H33N5O3/c1-36-26-11-10-23(27(15-26)37-2)20-34-28-24(18-32-34)14-25(17-30-28)29(35)31-16-21-8-4-5-9-22(21)19-33-12-6-3-7-13-33/h4-5,8-11,14-15,17-18H,3,6-7,12-13,16,19-20H2,1-2H3,(H,31,35). The highest BCUT2D eigenvalue weighted by atomic mass is 16.5. The number of carbonyl (C=O) groups excluding carboxylic acids is 1. The van der Waals surface area contributed by atoms with Crippen LogP contribution in [0, 0.1) is 0 Å². The first kappa shape index (κ1) is 24.8. The van der Waals surface area contributed by atoms with Gasteiger partial charge >= 0.3 is 0 Å². The Balaban J connectivity index is 1.26. The quantitative estimate of drug-likeness (QED) is 0.367. The number of methoxy groups -OCH3 is 2. The van der Waals surface area contributed by atoms with Crippen molar-refractivity contribution < 1.29 is 14.3 Å². The van der Waals surface area contributed by atoms with E-state index in [9.17, 15) is 4.79 Å². The fourth-order valence-corrected chi connectivity index (χ4v) is 4.88. The van der Waals surface area contributed by atoms with Crippen LogP contribution in [0.2, 0.25) is 0 Å². The fraction of sp³-hybridized carbons (Fsp3) is 0.345. The molecule has 8 heteroatoms. The van der Waals surface area contributed by atoms with Crippen LogP contribution >= 0.6 is 0 Å². The van der Waals surface area contributed by atoms with Gasteiger partial charge in [-0.25, -0.2) is 9.67 Å². The zero-order valence-corrected chi connectivity index (χ0v) is 21.4. The zero-order chi connectivity index (χ0) is 25.6. The molecule has 1 N–H and O–H groups in total. The van der Waals surface area contributed by atoms with Crippen LogP contribution < -0.4 is 14.8 Å². The molecule has 1 aliphatic rings. The number of hydrogen-bond donors (Lipinski definition) is 1. The van der Waals surface area contributed by atoms with E-state index in [4.69, 9.17) is 9.47 Å². The van der Waals surface area contributed by atoms with E-state index in [1.54, 1.807) is 31.3 Å². The first-order chi connectivity index (χ1) is 18.1. The smallest absolute Gasteiger partial charge is 0.253 e. The van der Waals surface area contributed by atoms with Gasteiger partial charge in [0.15, 0.2) is 5.65 Å². The van der Waals surface area contributed by atoms with Gasteiger partial charge in [0.1, 0.15) is 11.5 Å². The van der Waals surface area contributed by atoms with Gasteiger partial charge in [-0.05, 0) is 55.3 Å². The van der Waals surface area contributed by atoms with E-state index < -0.39 is 0 Å². The lowest BCUT2D eigenvalue weighted by molar-refractivity contribution is 0.0950. The number of rotatable bonds is 9. The van der Waals surface area contributed by atoms with E-state index in [0.29, 0.717) is 24.3 Å². The molecule has 192 valence electrons. The van der Waals surface area contributed by atoms with Crippen molar-refractivity contribution in [3.63, 3.8) is 0 Å². The van der Waals surface area contributed by atoms with Crippen molar-refractivity contribution in [1.29, 1.82) is 0 Å². The Labute approximate surface area is 217 Å². The Hall–Kier alpha value is -3.91. The predicted molar refractivity (Wildman–Crippen MR) is 143 cm³/mol. The monoisotopic (exact) mass is 499 g/mol. The molecule has 4 aromatic rings. The molecule has 0 unspecified atom stereocenters. The number of carbonyl (C=O) groups is 1. The normalized spacial score (nSPS) is 14.0. The summed E-state index contributed by atoms with van der Waals surface area (Å²) < 4.78 is 12.6. The van der Waals surface area contributed by atoms with Crippen LogP contribution in [0.15, 0.2) is 60.9 Å². The molecule has 3 heterocycles. The number of nitrogens with zero attached hydrogens (tertiary/aromatic N) is 4. The van der Waals surface area contributed by atoms with Gasteiger partial charge in [-0.3, -0.25) is 9.69 Å². The summed E-state index contributed by atoms with van der Waals surface area (Å²) in [4.78, 5) is 20.1. The molecule has 0 spiro atoms. The number of ether oxygens (including phenoxy) is 2. The first-order valence-corrected chi connectivity index (χ1v) is 12.7. The number of pyridine rings is 1. The Morgan fingerprint density at radius 2 is 1.73 bits per heavy atom. The number of benzene rings is 2. The molecular weight excluding hydrogens is 466 g/mol. The summed E-state index contributed by atoms with van der Waals surface area (Å²) in [6.07, 6.45) is 7.20. The topological polar surface area (TPSA) is 81.5 Å². The second kappa shape index (κ2) is 11.4. The molecule has 2 aromatic carbocycles. The molecular formula is C29H33N5O3. The van der Waals surface area contributed by atoms with E-state index in [2.05, 4.69) is 38.5 Å². The third-order valence-corrected chi connectivity index (χ3v) is 6.95. The third-order valence-electron chi connectivity index (χ3n) is 6.95. The highest BCUT2D eigenvalue weighted by Gasteiger charge is 2.15. The maximum absolute atomic E-state index is 13.0. The van der Waals surface area contributed by atoms with E-state index in [-0.39, 0.29) is 5.91 Å². The molecule has 2 aromatic heterocycles. The SMILES string of the molecule is COc1ccc(Cn2ncc3cc(C(=O)NCc4ccccc4CN4CCCCC4)cnc32)c(OC)c1. The number of likely N-dealkylation sites (tertiary alicyclic amines) is 1. The fourth-order valence-electron chi connectivity index (χ4n) is 4.88. The molecule has 0 aliphatic carbocycles. The van der Waals surface area contributed by atoms with Crippen molar-refractivity contribution in [2.75, 3.05) is 27.3 Å². The van der Waals surface area contributed by atoms with Gasteiger partial charge in [-0.1, -0.05) is 30.7 Å². The molecule has 5 rings (SSSR count). The first-order valence-electron chi connectivity index (χ1n) is 12.7. The highest BCUT2D eigenvalue weighted by molar-refractivity contribution is 5.96. The average molecular weight is 500 g/mol. The van der Waals surface area contributed by atoms with Crippen molar-refractivity contribution >= 4 is 16.9 Å². The van der Waals surface area contributed by atoms with Crippen LogP contribution in [-0.2, 0) is 19.6 Å². The van der Waals surface area contributed by atoms with E-state index in [1.165, 1.54) is 24.8 Å². The van der Waals surface area contributed by atoms with Crippen molar-refractivity contribution in [1.82, 2.24) is 25.0 Å². The van der Waals surface area contributed by atoms with Gasteiger partial charge in [0.25, 0.3) is 5.91 Å². The Morgan fingerprint density at radius 1 is 0.919 bits per heavy atom. The summed E-state index contributed by atoms with van der Waals surface area (Å²) in [6.45, 7) is 4.19. The second-order valence-electron chi connectivity index (χ2n) is 9.41. The van der Waals surface area contributed by atoms with Gasteiger partial charge < -0.3 is 14.8 Å². The second-order valence-corrected chi connectivity index (χ2v) is 9.41. The van der Waals surface area contributed by atoms with Crippen LogP contribution in [-0.4, -0.2) is 52.9 Å². The van der Waals surface area contributed by atoms with E-state index in [1.807, 2.05) is 30.3 Å². The van der Waals surface area contributed by atoms with Crippen LogP contribution in [0.3, 0.4) is 0 Å². The summed E-state index contributed by atoms with van der Waals surface area (Å²) in [6, 6.07) is 15.9. The van der Waals surface area contributed by atoms with Crippen molar-refractivity contribution in [3.05, 3.63) is 83.2 Å². The van der Waals surface area contributed by atoms with Crippen LogP contribution in [0.5, 0.6) is 11.5 Å². The number of amides is 1. The molecule has 0 saturated carbocycles. The Kier molecular flexibility index (Phi) is 7.65. The Morgan fingerprint density at radius 3 is 2.51 bits per heavy atom.